The Morgan fingerprint density at radius 3 is 2.48 bits per heavy atom. The molecule has 3 aromatic rings. The number of halogens is 3. The first-order valence-electron chi connectivity index (χ1n) is 7.37. The van der Waals surface area contributed by atoms with Crippen molar-refractivity contribution < 1.29 is 18.0 Å². The monoisotopic (exact) mass is 362 g/mol. The van der Waals surface area contributed by atoms with Crippen molar-refractivity contribution in [1.29, 1.82) is 0 Å². The van der Waals surface area contributed by atoms with Gasteiger partial charge in [0, 0.05) is 22.2 Å². The van der Waals surface area contributed by atoms with E-state index < -0.39 is 11.7 Å². The number of pyridine rings is 1. The van der Waals surface area contributed by atoms with Gasteiger partial charge in [-0.2, -0.15) is 13.2 Å². The zero-order valence-electron chi connectivity index (χ0n) is 12.9. The summed E-state index contributed by atoms with van der Waals surface area (Å²) >= 11 is 1.35. The first-order chi connectivity index (χ1) is 11.9. The van der Waals surface area contributed by atoms with Gasteiger partial charge < -0.3 is 5.32 Å². The largest absolute Gasteiger partial charge is 0.416 e. The fourth-order valence-electron chi connectivity index (χ4n) is 2.28. The van der Waals surface area contributed by atoms with Crippen molar-refractivity contribution in [2.24, 2.45) is 0 Å². The summed E-state index contributed by atoms with van der Waals surface area (Å²) in [6.45, 7) is 0. The number of para-hydroxylation sites is 1. The maximum Gasteiger partial charge on any atom is 0.416 e. The number of alkyl halides is 3. The van der Waals surface area contributed by atoms with Crippen molar-refractivity contribution in [3.05, 3.63) is 66.4 Å². The summed E-state index contributed by atoms with van der Waals surface area (Å²) in [4.78, 5) is 17.2. The predicted molar refractivity (Wildman–Crippen MR) is 92.5 cm³/mol. The number of rotatable bonds is 4. The second-order valence-electron chi connectivity index (χ2n) is 5.24. The lowest BCUT2D eigenvalue weighted by Crippen LogP contribution is -2.14. The summed E-state index contributed by atoms with van der Waals surface area (Å²) in [6, 6.07) is 13.8. The molecule has 0 unspecified atom stereocenters. The predicted octanol–water partition coefficient (Wildman–Crippen LogP) is 4.98. The van der Waals surface area contributed by atoms with E-state index in [0.717, 1.165) is 27.9 Å². The molecule has 7 heteroatoms. The Morgan fingerprint density at radius 1 is 1.04 bits per heavy atom. The van der Waals surface area contributed by atoms with Gasteiger partial charge in [0.25, 0.3) is 0 Å². The first-order valence-corrected chi connectivity index (χ1v) is 8.36. The molecule has 0 bridgehead atoms. The molecule has 2 aromatic carbocycles. The third-order valence-corrected chi connectivity index (χ3v) is 4.54. The number of hydrogen-bond donors (Lipinski definition) is 1. The van der Waals surface area contributed by atoms with Gasteiger partial charge in [0.1, 0.15) is 0 Å². The van der Waals surface area contributed by atoms with Gasteiger partial charge in [-0.1, -0.05) is 18.2 Å². The van der Waals surface area contributed by atoms with Crippen molar-refractivity contribution in [3.8, 4) is 0 Å². The van der Waals surface area contributed by atoms with E-state index in [-0.39, 0.29) is 11.7 Å². The Kier molecular flexibility index (Phi) is 4.94. The van der Waals surface area contributed by atoms with Gasteiger partial charge in [-0.05, 0) is 36.4 Å². The van der Waals surface area contributed by atoms with Gasteiger partial charge >= 0.3 is 6.18 Å². The molecule has 0 spiro atoms. The fraction of sp³-hybridized carbons (Fsp3) is 0.111. The fourth-order valence-corrected chi connectivity index (χ4v) is 3.12. The number of fused-ring (bicyclic) bond motifs is 1. The van der Waals surface area contributed by atoms with Gasteiger partial charge in [0.05, 0.1) is 16.8 Å². The molecule has 0 aliphatic heterocycles. The van der Waals surface area contributed by atoms with E-state index in [0.29, 0.717) is 5.69 Å². The minimum absolute atomic E-state index is 0.148. The maximum atomic E-state index is 12.5. The SMILES string of the molecule is O=C(CSc1ccnc2ccccc12)Nc1ccc(C(F)(F)F)cc1. The smallest absolute Gasteiger partial charge is 0.325 e. The normalized spacial score (nSPS) is 11.5. The van der Waals surface area contributed by atoms with E-state index in [2.05, 4.69) is 10.3 Å². The molecule has 25 heavy (non-hydrogen) atoms. The number of nitrogens with one attached hydrogen (secondary N) is 1. The van der Waals surface area contributed by atoms with Gasteiger partial charge in [-0.3, -0.25) is 9.78 Å². The third kappa shape index (κ3) is 4.30. The number of amides is 1. The molecule has 3 nitrogen and oxygen atoms in total. The Morgan fingerprint density at radius 2 is 1.76 bits per heavy atom. The van der Waals surface area contributed by atoms with Crippen LogP contribution in [0.4, 0.5) is 18.9 Å². The zero-order valence-corrected chi connectivity index (χ0v) is 13.7. The lowest BCUT2D eigenvalue weighted by atomic mass is 10.2. The van der Waals surface area contributed by atoms with Crippen LogP contribution >= 0.6 is 11.8 Å². The second kappa shape index (κ2) is 7.14. The zero-order chi connectivity index (χ0) is 17.9. The van der Waals surface area contributed by atoms with Crippen molar-refractivity contribution in [3.63, 3.8) is 0 Å². The molecule has 0 fully saturated rings. The number of aromatic nitrogens is 1. The van der Waals surface area contributed by atoms with Crippen LogP contribution < -0.4 is 5.32 Å². The second-order valence-corrected chi connectivity index (χ2v) is 6.26. The number of thioether (sulfide) groups is 1. The summed E-state index contributed by atoms with van der Waals surface area (Å²) < 4.78 is 37.6. The molecule has 0 atom stereocenters. The van der Waals surface area contributed by atoms with E-state index >= 15 is 0 Å². The molecule has 0 saturated heterocycles. The van der Waals surface area contributed by atoms with Crippen LogP contribution in [0.15, 0.2) is 65.7 Å². The van der Waals surface area contributed by atoms with E-state index in [1.54, 1.807) is 6.20 Å². The maximum absolute atomic E-state index is 12.5. The number of carbonyl (C=O) groups excluding carboxylic acids is 1. The highest BCUT2D eigenvalue weighted by molar-refractivity contribution is 8.00. The van der Waals surface area contributed by atoms with Gasteiger partial charge in [-0.25, -0.2) is 0 Å². The number of nitrogens with zero attached hydrogens (tertiary/aromatic N) is 1. The molecule has 0 radical (unpaired) electrons. The van der Waals surface area contributed by atoms with Gasteiger partial charge in [0.15, 0.2) is 0 Å². The van der Waals surface area contributed by atoms with Crippen molar-refractivity contribution in [2.45, 2.75) is 11.1 Å². The Balaban J connectivity index is 1.63. The summed E-state index contributed by atoms with van der Waals surface area (Å²) in [5, 5.41) is 3.55. The van der Waals surface area contributed by atoms with Crippen LogP contribution in [-0.2, 0) is 11.0 Å². The molecule has 1 heterocycles. The van der Waals surface area contributed by atoms with Crippen molar-refractivity contribution in [2.75, 3.05) is 11.1 Å². The van der Waals surface area contributed by atoms with E-state index in [4.69, 9.17) is 0 Å². The van der Waals surface area contributed by atoms with Crippen LogP contribution in [-0.4, -0.2) is 16.6 Å². The summed E-state index contributed by atoms with van der Waals surface area (Å²) in [5.74, 6) is -0.139. The van der Waals surface area contributed by atoms with Crippen molar-refractivity contribution >= 4 is 34.3 Å². The molecular weight excluding hydrogens is 349 g/mol. The molecule has 128 valence electrons. The lowest BCUT2D eigenvalue weighted by molar-refractivity contribution is -0.137. The molecule has 0 saturated carbocycles. The number of benzene rings is 2. The highest BCUT2D eigenvalue weighted by atomic mass is 32.2. The molecule has 1 amide bonds. The number of carbonyl (C=O) groups is 1. The molecule has 1 aromatic heterocycles. The van der Waals surface area contributed by atoms with Crippen molar-refractivity contribution in [1.82, 2.24) is 4.98 Å². The van der Waals surface area contributed by atoms with Gasteiger partial charge in [0.2, 0.25) is 5.91 Å². The summed E-state index contributed by atoms with van der Waals surface area (Å²) in [7, 11) is 0. The number of hydrogen-bond acceptors (Lipinski definition) is 3. The average Bonchev–Trinajstić information content (AvgIpc) is 2.59. The summed E-state index contributed by atoms with van der Waals surface area (Å²) in [5.41, 5.74) is 0.428. The standard InChI is InChI=1S/C18H13F3N2OS/c19-18(20,21)12-5-7-13(8-6-12)23-17(24)11-25-16-9-10-22-15-4-2-1-3-14(15)16/h1-10H,11H2,(H,23,24). The summed E-state index contributed by atoms with van der Waals surface area (Å²) in [6.07, 6.45) is -2.71. The molecule has 3 rings (SSSR count). The molecule has 1 N–H and O–H groups in total. The first kappa shape index (κ1) is 17.3. The molecule has 0 aliphatic rings. The van der Waals surface area contributed by atoms with Crippen LogP contribution in [0.5, 0.6) is 0 Å². The highest BCUT2D eigenvalue weighted by Crippen LogP contribution is 2.30. The Bertz CT molecular complexity index is 889. The topological polar surface area (TPSA) is 42.0 Å². The van der Waals surface area contributed by atoms with Gasteiger partial charge in [-0.15, -0.1) is 11.8 Å². The Hall–Kier alpha value is -2.54. The Labute approximate surface area is 146 Å². The third-order valence-electron chi connectivity index (χ3n) is 3.46. The minimum atomic E-state index is -4.39. The average molecular weight is 362 g/mol. The van der Waals surface area contributed by atoms with Crippen LogP contribution in [0.3, 0.4) is 0 Å². The van der Waals surface area contributed by atoms with Crippen LogP contribution in [0.2, 0.25) is 0 Å². The highest BCUT2D eigenvalue weighted by Gasteiger charge is 2.29. The van der Waals surface area contributed by atoms with E-state index in [1.807, 2.05) is 30.3 Å². The lowest BCUT2D eigenvalue weighted by Gasteiger charge is -2.09. The minimum Gasteiger partial charge on any atom is -0.325 e. The quantitative estimate of drug-likeness (QED) is 0.665. The molecule has 0 aliphatic carbocycles. The van der Waals surface area contributed by atoms with E-state index in [1.165, 1.54) is 23.9 Å². The number of anilines is 1. The molecular formula is C18H13F3N2OS. The van der Waals surface area contributed by atoms with E-state index in [9.17, 15) is 18.0 Å². The van der Waals surface area contributed by atoms with Crippen LogP contribution in [0.1, 0.15) is 5.56 Å². The van der Waals surface area contributed by atoms with Crippen LogP contribution in [0, 0.1) is 0 Å². The van der Waals surface area contributed by atoms with Crippen LogP contribution in [0.25, 0.3) is 10.9 Å².